The van der Waals surface area contributed by atoms with E-state index >= 15 is 0 Å². The number of fused-ring (bicyclic) bond motifs is 1. The summed E-state index contributed by atoms with van der Waals surface area (Å²) in [5.41, 5.74) is 1.15. The predicted octanol–water partition coefficient (Wildman–Crippen LogP) is 5.30. The summed E-state index contributed by atoms with van der Waals surface area (Å²) in [6.45, 7) is 10.4. The molecule has 0 spiro atoms. The van der Waals surface area contributed by atoms with Gasteiger partial charge in [-0.25, -0.2) is 4.79 Å². The maximum atomic E-state index is 13.1. The number of hydrogen-bond donors (Lipinski definition) is 0. The van der Waals surface area contributed by atoms with E-state index in [2.05, 4.69) is 20.8 Å². The van der Waals surface area contributed by atoms with Crippen LogP contribution in [0.25, 0.3) is 5.57 Å². The van der Waals surface area contributed by atoms with E-state index in [-0.39, 0.29) is 17.9 Å². The summed E-state index contributed by atoms with van der Waals surface area (Å²) in [5.74, 6) is 1.24. The van der Waals surface area contributed by atoms with E-state index in [1.54, 1.807) is 12.1 Å². The number of Topliss-reactive ketones (excluding diaryl/α,β-unsaturated/α-hetero) is 1. The van der Waals surface area contributed by atoms with Gasteiger partial charge >= 0.3 is 5.97 Å². The number of allylic oxidation sites excluding steroid dienone is 1. The zero-order valence-corrected chi connectivity index (χ0v) is 16.5. The van der Waals surface area contributed by atoms with E-state index in [0.717, 1.165) is 12.8 Å². The monoisotopic (exact) mass is 354 g/mol. The van der Waals surface area contributed by atoms with Crippen LogP contribution in [-0.2, 0) is 9.53 Å². The zero-order chi connectivity index (χ0) is 19.1. The third-order valence-corrected chi connectivity index (χ3v) is 5.99. The van der Waals surface area contributed by atoms with Gasteiger partial charge in [-0.2, -0.15) is 0 Å². The molecular weight excluding hydrogens is 324 g/mol. The topological polar surface area (TPSA) is 43.4 Å². The minimum absolute atomic E-state index is 0.0416. The lowest BCUT2D eigenvalue weighted by molar-refractivity contribution is -0.148. The normalized spacial score (nSPS) is 27.7. The highest BCUT2D eigenvalue weighted by molar-refractivity contribution is 6.23. The Kier molecular flexibility index (Phi) is 5.09. The molecule has 3 atom stereocenters. The minimum Gasteiger partial charge on any atom is -0.458 e. The zero-order valence-electron chi connectivity index (χ0n) is 16.5. The van der Waals surface area contributed by atoms with Crippen LogP contribution in [0.5, 0.6) is 0 Å². The molecule has 0 heterocycles. The Hall–Kier alpha value is -1.90. The van der Waals surface area contributed by atoms with E-state index in [4.69, 9.17) is 4.74 Å². The Labute approximate surface area is 156 Å². The van der Waals surface area contributed by atoms with E-state index < -0.39 is 5.41 Å². The average molecular weight is 354 g/mol. The third-order valence-electron chi connectivity index (χ3n) is 5.99. The van der Waals surface area contributed by atoms with Crippen molar-refractivity contribution in [3.8, 4) is 0 Å². The molecule has 2 aliphatic rings. The maximum Gasteiger partial charge on any atom is 0.338 e. The molecule has 0 N–H and O–H groups in total. The Morgan fingerprint density at radius 3 is 2.46 bits per heavy atom. The second kappa shape index (κ2) is 7.02. The van der Waals surface area contributed by atoms with Crippen LogP contribution in [0.2, 0.25) is 0 Å². The summed E-state index contributed by atoms with van der Waals surface area (Å²) >= 11 is 0. The molecule has 3 heteroatoms. The molecule has 140 valence electrons. The van der Waals surface area contributed by atoms with Gasteiger partial charge in [-0.1, -0.05) is 57.5 Å². The largest absolute Gasteiger partial charge is 0.458 e. The smallest absolute Gasteiger partial charge is 0.338 e. The van der Waals surface area contributed by atoms with Crippen LogP contribution in [0.4, 0.5) is 0 Å². The first-order valence-corrected chi connectivity index (χ1v) is 9.78. The highest BCUT2D eigenvalue weighted by atomic mass is 16.5. The molecule has 0 saturated heterocycles. The van der Waals surface area contributed by atoms with E-state index in [1.165, 1.54) is 6.42 Å². The van der Waals surface area contributed by atoms with Crippen molar-refractivity contribution in [2.45, 2.75) is 60.0 Å². The van der Waals surface area contributed by atoms with Gasteiger partial charge in [0.1, 0.15) is 6.10 Å². The summed E-state index contributed by atoms with van der Waals surface area (Å²) in [6, 6.07) is 7.36. The fourth-order valence-electron chi connectivity index (χ4n) is 4.39. The molecule has 0 amide bonds. The van der Waals surface area contributed by atoms with Crippen molar-refractivity contribution in [1.29, 1.82) is 0 Å². The molecular formula is C23H30O3. The number of carbonyl (C=O) groups is 2. The highest BCUT2D eigenvalue weighted by Crippen LogP contribution is 2.39. The van der Waals surface area contributed by atoms with Gasteiger partial charge in [-0.15, -0.1) is 0 Å². The number of esters is 1. The number of hydrogen-bond acceptors (Lipinski definition) is 3. The number of benzene rings is 1. The fraction of sp³-hybridized carbons (Fsp3) is 0.565. The molecule has 1 saturated carbocycles. The SMILES string of the molecule is CC(C)[C@H]1CC[C@H](C)C[C@@H]1OC(=O)C1=CC(C)(C)C(=O)c2ccccc21. The molecule has 0 aliphatic heterocycles. The molecule has 1 aromatic rings. The van der Waals surface area contributed by atoms with Gasteiger partial charge in [-0.3, -0.25) is 4.79 Å². The molecule has 3 rings (SSSR count). The summed E-state index contributed by atoms with van der Waals surface area (Å²) < 4.78 is 6.04. The van der Waals surface area contributed by atoms with Gasteiger partial charge < -0.3 is 4.74 Å². The van der Waals surface area contributed by atoms with Crippen molar-refractivity contribution in [2.75, 3.05) is 0 Å². The molecule has 1 fully saturated rings. The van der Waals surface area contributed by atoms with Crippen LogP contribution in [-0.4, -0.2) is 17.9 Å². The number of rotatable bonds is 3. The van der Waals surface area contributed by atoms with Crippen molar-refractivity contribution >= 4 is 17.3 Å². The minimum atomic E-state index is -0.694. The third kappa shape index (κ3) is 3.49. The van der Waals surface area contributed by atoms with Gasteiger partial charge in [0.2, 0.25) is 0 Å². The Bertz CT molecular complexity index is 742. The van der Waals surface area contributed by atoms with Crippen LogP contribution in [0.1, 0.15) is 69.8 Å². The Morgan fingerprint density at radius 2 is 1.81 bits per heavy atom. The Balaban J connectivity index is 1.90. The molecule has 26 heavy (non-hydrogen) atoms. The van der Waals surface area contributed by atoms with E-state index in [0.29, 0.717) is 34.5 Å². The first kappa shape index (κ1) is 18.9. The van der Waals surface area contributed by atoms with Crippen LogP contribution >= 0.6 is 0 Å². The molecule has 1 aromatic carbocycles. The molecule has 0 aromatic heterocycles. The number of ketones is 1. The molecule has 3 nitrogen and oxygen atoms in total. The maximum absolute atomic E-state index is 13.1. The van der Waals surface area contributed by atoms with Gasteiger partial charge in [0.05, 0.1) is 5.57 Å². The fourth-order valence-corrected chi connectivity index (χ4v) is 4.39. The van der Waals surface area contributed by atoms with Gasteiger partial charge in [0.25, 0.3) is 0 Å². The van der Waals surface area contributed by atoms with Gasteiger partial charge in [0, 0.05) is 11.0 Å². The van der Waals surface area contributed by atoms with Crippen molar-refractivity contribution in [1.82, 2.24) is 0 Å². The van der Waals surface area contributed by atoms with Crippen molar-refractivity contribution in [2.24, 2.45) is 23.2 Å². The second-order valence-corrected chi connectivity index (χ2v) is 8.92. The van der Waals surface area contributed by atoms with Crippen LogP contribution in [0, 0.1) is 23.2 Å². The lowest BCUT2D eigenvalue weighted by Crippen LogP contribution is -2.37. The second-order valence-electron chi connectivity index (χ2n) is 8.92. The lowest BCUT2D eigenvalue weighted by Gasteiger charge is -2.37. The van der Waals surface area contributed by atoms with Crippen molar-refractivity contribution in [3.05, 3.63) is 41.5 Å². The van der Waals surface area contributed by atoms with E-state index in [9.17, 15) is 9.59 Å². The molecule has 2 aliphatic carbocycles. The van der Waals surface area contributed by atoms with Crippen LogP contribution in [0.15, 0.2) is 30.3 Å². The molecule has 0 radical (unpaired) electrons. The Morgan fingerprint density at radius 1 is 1.15 bits per heavy atom. The summed E-state index contributed by atoms with van der Waals surface area (Å²) in [6.07, 6.45) is 4.98. The van der Waals surface area contributed by atoms with Crippen molar-refractivity contribution in [3.63, 3.8) is 0 Å². The number of carbonyl (C=O) groups excluding carboxylic acids is 2. The van der Waals surface area contributed by atoms with Crippen molar-refractivity contribution < 1.29 is 14.3 Å². The molecule has 0 bridgehead atoms. The standard InChI is InChI=1S/C23H30O3/c1-14(2)16-11-10-15(3)12-20(16)26-22(25)19-13-23(4,5)21(24)18-9-7-6-8-17(18)19/h6-9,13-16,20H,10-12H2,1-5H3/t15-,16+,20-/m0/s1. The average Bonchev–Trinajstić information content (AvgIpc) is 2.58. The van der Waals surface area contributed by atoms with Gasteiger partial charge in [-0.05, 0) is 50.0 Å². The number of ether oxygens (including phenoxy) is 1. The lowest BCUT2D eigenvalue weighted by atomic mass is 9.74. The summed E-state index contributed by atoms with van der Waals surface area (Å²) in [4.78, 5) is 25.8. The summed E-state index contributed by atoms with van der Waals surface area (Å²) in [7, 11) is 0. The van der Waals surface area contributed by atoms with Gasteiger partial charge in [0.15, 0.2) is 5.78 Å². The van der Waals surface area contributed by atoms with Crippen LogP contribution < -0.4 is 0 Å². The first-order valence-electron chi connectivity index (χ1n) is 9.78. The van der Waals surface area contributed by atoms with E-state index in [1.807, 2.05) is 32.0 Å². The first-order chi connectivity index (χ1) is 12.2. The van der Waals surface area contributed by atoms with Crippen LogP contribution in [0.3, 0.4) is 0 Å². The highest BCUT2D eigenvalue weighted by Gasteiger charge is 2.38. The molecule has 0 unspecified atom stereocenters. The quantitative estimate of drug-likeness (QED) is 0.692. The summed E-state index contributed by atoms with van der Waals surface area (Å²) in [5, 5.41) is 0. The predicted molar refractivity (Wildman–Crippen MR) is 104 cm³/mol.